The Morgan fingerprint density at radius 2 is 2.13 bits per heavy atom. The van der Waals surface area contributed by atoms with E-state index in [0.717, 1.165) is 0 Å². The van der Waals surface area contributed by atoms with Crippen LogP contribution in [0.4, 0.5) is 10.1 Å². The Hall–Kier alpha value is -3.40. The van der Waals surface area contributed by atoms with Gasteiger partial charge in [-0.15, -0.1) is 0 Å². The molecule has 4 rings (SSSR count). The van der Waals surface area contributed by atoms with E-state index in [1.54, 1.807) is 13.8 Å². The Morgan fingerprint density at radius 1 is 1.37 bits per heavy atom. The zero-order chi connectivity index (χ0) is 21.6. The van der Waals surface area contributed by atoms with Crippen LogP contribution in [0.1, 0.15) is 28.7 Å². The van der Waals surface area contributed by atoms with Crippen molar-refractivity contribution in [1.82, 2.24) is 14.9 Å². The lowest BCUT2D eigenvalue weighted by Gasteiger charge is -2.38. The molecule has 1 aromatic heterocycles. The molecule has 9 nitrogen and oxygen atoms in total. The Balaban J connectivity index is 1.73. The van der Waals surface area contributed by atoms with Gasteiger partial charge in [0.05, 0.1) is 30.5 Å². The second-order valence-corrected chi connectivity index (χ2v) is 7.48. The number of carbonyl (C=O) groups excluding carboxylic acids is 2. The number of hydrogen-bond donors (Lipinski definition) is 2. The number of benzene rings is 1. The molecule has 3 atom stereocenters. The molecule has 0 unspecified atom stereocenters. The van der Waals surface area contributed by atoms with E-state index >= 15 is 0 Å². The van der Waals surface area contributed by atoms with Gasteiger partial charge in [0.1, 0.15) is 17.1 Å². The van der Waals surface area contributed by atoms with Gasteiger partial charge in [0.2, 0.25) is 5.91 Å². The first-order chi connectivity index (χ1) is 14.2. The van der Waals surface area contributed by atoms with Crippen LogP contribution in [0.25, 0.3) is 0 Å². The maximum absolute atomic E-state index is 14.9. The maximum Gasteiger partial charge on any atom is 0.275 e. The molecule has 3 N–H and O–H groups in total. The second kappa shape index (κ2) is 7.13. The number of fused-ring (bicyclic) bond motifs is 1. The first-order valence-electron chi connectivity index (χ1n) is 9.37. The quantitative estimate of drug-likeness (QED) is 0.781. The van der Waals surface area contributed by atoms with Crippen molar-refractivity contribution in [2.24, 2.45) is 16.6 Å². The summed E-state index contributed by atoms with van der Waals surface area (Å²) < 4.78 is 20.6. The average molecular weight is 412 g/mol. The number of rotatable bonds is 3. The Kier molecular flexibility index (Phi) is 4.73. The molecule has 0 radical (unpaired) electrons. The fraction of sp³-hybridized carbons (Fsp3) is 0.350. The first kappa shape index (κ1) is 19.9. The summed E-state index contributed by atoms with van der Waals surface area (Å²) in [7, 11) is 1.52. The average Bonchev–Trinajstić information content (AvgIpc) is 3.05. The lowest BCUT2D eigenvalue weighted by molar-refractivity contribution is -0.134. The standard InChI is InChI=1S/C20H21FN6O3/c1-10-7-24-15(8-23-10)17(28)25-12-4-5-14(21)13(6-12)20-9-30-11(2)16(20)18(29)27(3)19(22)26-20/h4-8,11,16H,9H2,1-3H3,(H2,22,26)(H,25,28)/t11-,16+,20-/m1/s1. The third-order valence-corrected chi connectivity index (χ3v) is 5.51. The van der Waals surface area contributed by atoms with Gasteiger partial charge in [-0.25, -0.2) is 14.4 Å². The molecule has 1 aromatic carbocycles. The number of guanidine groups is 1. The zero-order valence-electron chi connectivity index (χ0n) is 16.7. The zero-order valence-corrected chi connectivity index (χ0v) is 16.7. The number of ether oxygens (including phenoxy) is 1. The maximum atomic E-state index is 14.9. The predicted molar refractivity (Wildman–Crippen MR) is 106 cm³/mol. The topological polar surface area (TPSA) is 123 Å². The normalized spacial score (nSPS) is 25.7. The van der Waals surface area contributed by atoms with E-state index in [0.29, 0.717) is 11.4 Å². The molecule has 3 heterocycles. The minimum atomic E-state index is -1.30. The number of nitrogens with two attached hydrogens (primary N) is 1. The lowest BCUT2D eigenvalue weighted by Crippen LogP contribution is -2.55. The lowest BCUT2D eigenvalue weighted by atomic mass is 9.76. The van der Waals surface area contributed by atoms with Gasteiger partial charge in [-0.1, -0.05) is 0 Å². The van der Waals surface area contributed by atoms with E-state index in [4.69, 9.17) is 10.5 Å². The van der Waals surface area contributed by atoms with E-state index in [1.807, 2.05) is 0 Å². The van der Waals surface area contributed by atoms with Crippen LogP contribution in [0.15, 0.2) is 35.6 Å². The van der Waals surface area contributed by atoms with E-state index in [1.165, 1.54) is 42.5 Å². The van der Waals surface area contributed by atoms with Crippen molar-refractivity contribution >= 4 is 23.5 Å². The molecule has 10 heteroatoms. The minimum absolute atomic E-state index is 0.00310. The largest absolute Gasteiger partial charge is 0.375 e. The van der Waals surface area contributed by atoms with Gasteiger partial charge < -0.3 is 15.8 Å². The monoisotopic (exact) mass is 412 g/mol. The number of nitrogens with zero attached hydrogens (tertiary/aromatic N) is 4. The van der Waals surface area contributed by atoms with Gasteiger partial charge in [-0.3, -0.25) is 19.5 Å². The third kappa shape index (κ3) is 3.09. The van der Waals surface area contributed by atoms with Crippen molar-refractivity contribution in [3.05, 3.63) is 53.4 Å². The van der Waals surface area contributed by atoms with Gasteiger partial charge in [-0.05, 0) is 32.0 Å². The molecule has 1 saturated heterocycles. The number of amides is 2. The first-order valence-corrected chi connectivity index (χ1v) is 9.37. The summed E-state index contributed by atoms with van der Waals surface area (Å²) in [6.45, 7) is 3.50. The van der Waals surface area contributed by atoms with Gasteiger partial charge in [0.15, 0.2) is 5.96 Å². The van der Waals surface area contributed by atoms with Crippen LogP contribution in [0.3, 0.4) is 0 Å². The van der Waals surface area contributed by atoms with Crippen LogP contribution in [0.2, 0.25) is 0 Å². The van der Waals surface area contributed by atoms with Crippen LogP contribution in [-0.4, -0.2) is 52.4 Å². The van der Waals surface area contributed by atoms with Crippen molar-refractivity contribution in [1.29, 1.82) is 0 Å². The van der Waals surface area contributed by atoms with E-state index in [2.05, 4.69) is 20.3 Å². The summed E-state index contributed by atoms with van der Waals surface area (Å²) >= 11 is 0. The van der Waals surface area contributed by atoms with Crippen LogP contribution in [-0.2, 0) is 15.1 Å². The van der Waals surface area contributed by atoms with Crippen molar-refractivity contribution in [2.75, 3.05) is 19.0 Å². The molecule has 2 amide bonds. The van der Waals surface area contributed by atoms with Crippen LogP contribution in [0.5, 0.6) is 0 Å². The Labute approximate surface area is 172 Å². The highest BCUT2D eigenvalue weighted by molar-refractivity contribution is 6.03. The molecule has 0 aliphatic carbocycles. The van der Waals surface area contributed by atoms with Crippen molar-refractivity contribution in [2.45, 2.75) is 25.5 Å². The molecule has 0 spiro atoms. The Morgan fingerprint density at radius 3 is 2.83 bits per heavy atom. The number of hydrogen-bond acceptors (Lipinski definition) is 7. The summed E-state index contributed by atoms with van der Waals surface area (Å²) in [6.07, 6.45) is 2.36. The molecule has 1 fully saturated rings. The summed E-state index contributed by atoms with van der Waals surface area (Å²) in [6, 6.07) is 4.10. The van der Waals surface area contributed by atoms with Crippen molar-refractivity contribution in [3.63, 3.8) is 0 Å². The third-order valence-electron chi connectivity index (χ3n) is 5.51. The number of halogens is 1. The van der Waals surface area contributed by atoms with Gasteiger partial charge in [0.25, 0.3) is 5.91 Å². The van der Waals surface area contributed by atoms with Crippen molar-refractivity contribution in [3.8, 4) is 0 Å². The molecule has 156 valence electrons. The van der Waals surface area contributed by atoms with Gasteiger partial charge in [-0.2, -0.15) is 0 Å². The van der Waals surface area contributed by atoms with E-state index < -0.39 is 29.3 Å². The summed E-state index contributed by atoms with van der Waals surface area (Å²) in [4.78, 5) is 39.2. The number of nitrogens with one attached hydrogen (secondary N) is 1. The summed E-state index contributed by atoms with van der Waals surface area (Å²) in [5.41, 5.74) is 5.90. The molecule has 30 heavy (non-hydrogen) atoms. The predicted octanol–water partition coefficient (Wildman–Crippen LogP) is 1.19. The second-order valence-electron chi connectivity index (χ2n) is 7.48. The molecule has 2 aliphatic heterocycles. The van der Waals surface area contributed by atoms with Crippen LogP contribution >= 0.6 is 0 Å². The smallest absolute Gasteiger partial charge is 0.275 e. The highest BCUT2D eigenvalue weighted by Crippen LogP contribution is 2.47. The van der Waals surface area contributed by atoms with Gasteiger partial charge >= 0.3 is 0 Å². The molecular formula is C20H21FN6O3. The molecule has 0 bridgehead atoms. The Bertz CT molecular complexity index is 1060. The molecular weight excluding hydrogens is 391 g/mol. The highest BCUT2D eigenvalue weighted by atomic mass is 19.1. The number of aryl methyl sites for hydroxylation is 1. The minimum Gasteiger partial charge on any atom is -0.375 e. The fourth-order valence-corrected chi connectivity index (χ4v) is 3.89. The van der Waals surface area contributed by atoms with E-state index in [9.17, 15) is 14.0 Å². The SMILES string of the molecule is Cc1cnc(C(=O)Nc2ccc(F)c([C@]34CO[C@H](C)[C@H]3C(=O)N(C)C(N)=N4)c2)cn1. The number of carbonyl (C=O) groups is 2. The molecule has 2 aromatic rings. The number of anilines is 1. The molecule has 2 aliphatic rings. The van der Waals surface area contributed by atoms with Gasteiger partial charge in [0, 0.05) is 24.5 Å². The van der Waals surface area contributed by atoms with E-state index in [-0.39, 0.29) is 29.7 Å². The summed E-state index contributed by atoms with van der Waals surface area (Å²) in [5.74, 6) is -2.11. The highest BCUT2D eigenvalue weighted by Gasteiger charge is 2.58. The number of aromatic nitrogens is 2. The molecule has 0 saturated carbocycles. The van der Waals surface area contributed by atoms with Crippen LogP contribution < -0.4 is 11.1 Å². The van der Waals surface area contributed by atoms with Crippen LogP contribution in [0, 0.1) is 18.7 Å². The fourth-order valence-electron chi connectivity index (χ4n) is 3.89. The summed E-state index contributed by atoms with van der Waals surface area (Å²) in [5, 5.41) is 2.68. The number of aliphatic imine (C=N–C) groups is 1. The van der Waals surface area contributed by atoms with Crippen molar-refractivity contribution < 1.29 is 18.7 Å².